The molecule has 0 aliphatic rings. The molecule has 0 aromatic carbocycles. The molecule has 0 fully saturated rings. The van der Waals surface area contributed by atoms with Crippen LogP contribution in [0.3, 0.4) is 0 Å². The number of hydrogen-bond acceptors (Lipinski definition) is 6. The number of halogens is 1. The van der Waals surface area contributed by atoms with E-state index in [0.717, 1.165) is 17.0 Å². The van der Waals surface area contributed by atoms with Crippen molar-refractivity contribution in [2.75, 3.05) is 5.32 Å². The maximum absolute atomic E-state index is 13.6. The molecular formula is C17H18FN5O. The van der Waals surface area contributed by atoms with Gasteiger partial charge in [-0.1, -0.05) is 19.0 Å². The summed E-state index contributed by atoms with van der Waals surface area (Å²) in [5.74, 6) is 0.896. The molecule has 24 heavy (non-hydrogen) atoms. The summed E-state index contributed by atoms with van der Waals surface area (Å²) in [6, 6.07) is 3.47. The lowest BCUT2D eigenvalue weighted by Crippen LogP contribution is -2.08. The van der Waals surface area contributed by atoms with Crippen molar-refractivity contribution in [2.45, 2.75) is 33.2 Å². The van der Waals surface area contributed by atoms with Gasteiger partial charge < -0.3 is 9.84 Å². The summed E-state index contributed by atoms with van der Waals surface area (Å²) in [7, 11) is 0. The van der Waals surface area contributed by atoms with Gasteiger partial charge in [0.25, 0.3) is 0 Å². The van der Waals surface area contributed by atoms with Gasteiger partial charge >= 0.3 is 0 Å². The Kier molecular flexibility index (Phi) is 4.50. The summed E-state index contributed by atoms with van der Waals surface area (Å²) < 4.78 is 18.9. The average Bonchev–Trinajstić information content (AvgIpc) is 3.00. The summed E-state index contributed by atoms with van der Waals surface area (Å²) in [5.41, 5.74) is 2.97. The largest absolute Gasteiger partial charge is 0.356 e. The van der Waals surface area contributed by atoms with E-state index in [1.54, 1.807) is 18.5 Å². The number of nitrogens with one attached hydrogen (secondary N) is 1. The number of pyridine rings is 1. The van der Waals surface area contributed by atoms with Crippen LogP contribution in [-0.4, -0.2) is 20.1 Å². The van der Waals surface area contributed by atoms with Crippen LogP contribution in [0, 0.1) is 12.7 Å². The van der Waals surface area contributed by atoms with Crippen molar-refractivity contribution < 1.29 is 8.91 Å². The van der Waals surface area contributed by atoms with E-state index in [4.69, 9.17) is 4.52 Å². The van der Waals surface area contributed by atoms with Gasteiger partial charge in [-0.05, 0) is 18.9 Å². The molecule has 0 spiro atoms. The number of rotatable bonds is 5. The maximum Gasteiger partial charge on any atom is 0.223 e. The third kappa shape index (κ3) is 3.40. The predicted molar refractivity (Wildman–Crippen MR) is 87.9 cm³/mol. The van der Waals surface area contributed by atoms with Gasteiger partial charge in [-0.25, -0.2) is 14.4 Å². The van der Waals surface area contributed by atoms with Crippen LogP contribution in [0.1, 0.15) is 36.7 Å². The zero-order valence-electron chi connectivity index (χ0n) is 13.7. The highest BCUT2D eigenvalue weighted by Gasteiger charge is 2.16. The Hall–Kier alpha value is -2.83. The van der Waals surface area contributed by atoms with E-state index < -0.39 is 0 Å². The second-order valence-electron chi connectivity index (χ2n) is 5.80. The average molecular weight is 327 g/mol. The Morgan fingerprint density at radius 1 is 1.29 bits per heavy atom. The van der Waals surface area contributed by atoms with Gasteiger partial charge in [0.1, 0.15) is 5.82 Å². The van der Waals surface area contributed by atoms with E-state index in [0.29, 0.717) is 17.3 Å². The van der Waals surface area contributed by atoms with Crippen LogP contribution in [-0.2, 0) is 6.54 Å². The summed E-state index contributed by atoms with van der Waals surface area (Å²) in [4.78, 5) is 12.6. The summed E-state index contributed by atoms with van der Waals surface area (Å²) in [6.07, 6.45) is 4.44. The SMILES string of the molecule is Cc1cc(-c2cnc(NCc3ccncc3F)nc2C(C)C)on1. The van der Waals surface area contributed by atoms with Crippen molar-refractivity contribution in [3.8, 4) is 11.3 Å². The number of anilines is 1. The van der Waals surface area contributed by atoms with Crippen LogP contribution >= 0.6 is 0 Å². The van der Waals surface area contributed by atoms with E-state index >= 15 is 0 Å². The molecule has 0 bridgehead atoms. The molecule has 6 nitrogen and oxygen atoms in total. The lowest BCUT2D eigenvalue weighted by molar-refractivity contribution is 0.426. The quantitative estimate of drug-likeness (QED) is 0.770. The van der Waals surface area contributed by atoms with E-state index in [1.165, 1.54) is 6.20 Å². The molecule has 0 amide bonds. The van der Waals surface area contributed by atoms with Gasteiger partial charge in [-0.2, -0.15) is 0 Å². The molecule has 0 aliphatic carbocycles. The van der Waals surface area contributed by atoms with Crippen LogP contribution in [0.5, 0.6) is 0 Å². The first kappa shape index (κ1) is 16.0. The van der Waals surface area contributed by atoms with Gasteiger partial charge in [-0.3, -0.25) is 4.98 Å². The monoisotopic (exact) mass is 327 g/mol. The molecule has 0 unspecified atom stereocenters. The highest BCUT2D eigenvalue weighted by molar-refractivity contribution is 5.61. The van der Waals surface area contributed by atoms with E-state index in [-0.39, 0.29) is 18.3 Å². The van der Waals surface area contributed by atoms with Gasteiger partial charge in [0.15, 0.2) is 5.76 Å². The minimum Gasteiger partial charge on any atom is -0.356 e. The molecule has 124 valence electrons. The molecule has 0 atom stereocenters. The van der Waals surface area contributed by atoms with Crippen LogP contribution in [0.25, 0.3) is 11.3 Å². The van der Waals surface area contributed by atoms with Gasteiger partial charge in [0, 0.05) is 30.6 Å². The summed E-state index contributed by atoms with van der Waals surface area (Å²) >= 11 is 0. The normalized spacial score (nSPS) is 11.0. The zero-order valence-corrected chi connectivity index (χ0v) is 13.7. The molecule has 3 aromatic heterocycles. The van der Waals surface area contributed by atoms with E-state index in [9.17, 15) is 4.39 Å². The number of aryl methyl sites for hydroxylation is 1. The van der Waals surface area contributed by atoms with Crippen LogP contribution in [0.2, 0.25) is 0 Å². The molecule has 7 heteroatoms. The Bertz CT molecular complexity index is 847. The van der Waals surface area contributed by atoms with E-state index in [2.05, 4.69) is 25.4 Å². The first-order valence-electron chi connectivity index (χ1n) is 7.67. The standard InChI is InChI=1S/C17H18FN5O/c1-10(2)16-13(15-6-11(3)23-24-15)8-21-17(22-16)20-7-12-4-5-19-9-14(12)18/h4-6,8-10H,7H2,1-3H3,(H,20,21,22). The molecule has 0 aliphatic heterocycles. The highest BCUT2D eigenvalue weighted by atomic mass is 19.1. The summed E-state index contributed by atoms with van der Waals surface area (Å²) in [6.45, 7) is 6.23. The minimum absolute atomic E-state index is 0.173. The Balaban J connectivity index is 1.85. The van der Waals surface area contributed by atoms with Crippen molar-refractivity contribution in [1.29, 1.82) is 0 Å². The van der Waals surface area contributed by atoms with Crippen LogP contribution in [0.4, 0.5) is 10.3 Å². The van der Waals surface area contributed by atoms with Gasteiger partial charge in [-0.15, -0.1) is 0 Å². The number of aromatic nitrogens is 4. The van der Waals surface area contributed by atoms with E-state index in [1.807, 2.05) is 26.8 Å². The van der Waals surface area contributed by atoms with Crippen molar-refractivity contribution in [1.82, 2.24) is 20.1 Å². The Labute approximate surface area is 139 Å². The third-order valence-corrected chi connectivity index (χ3v) is 3.55. The zero-order chi connectivity index (χ0) is 17.1. The highest BCUT2D eigenvalue weighted by Crippen LogP contribution is 2.28. The van der Waals surface area contributed by atoms with Gasteiger partial charge in [0.2, 0.25) is 5.95 Å². The lowest BCUT2D eigenvalue weighted by atomic mass is 10.0. The topological polar surface area (TPSA) is 76.7 Å². The van der Waals surface area contributed by atoms with Crippen molar-refractivity contribution in [2.24, 2.45) is 0 Å². The smallest absolute Gasteiger partial charge is 0.223 e. The maximum atomic E-state index is 13.6. The first-order valence-corrected chi connectivity index (χ1v) is 7.67. The van der Waals surface area contributed by atoms with Crippen molar-refractivity contribution in [3.63, 3.8) is 0 Å². The van der Waals surface area contributed by atoms with Crippen molar-refractivity contribution >= 4 is 5.95 Å². The number of hydrogen-bond donors (Lipinski definition) is 1. The molecule has 3 rings (SSSR count). The lowest BCUT2D eigenvalue weighted by Gasteiger charge is -2.12. The fourth-order valence-corrected chi connectivity index (χ4v) is 2.32. The molecule has 3 heterocycles. The van der Waals surface area contributed by atoms with Crippen LogP contribution < -0.4 is 5.32 Å². The van der Waals surface area contributed by atoms with Crippen LogP contribution in [0.15, 0.2) is 35.2 Å². The first-order chi connectivity index (χ1) is 11.5. The Morgan fingerprint density at radius 2 is 2.12 bits per heavy atom. The van der Waals surface area contributed by atoms with Crippen molar-refractivity contribution in [3.05, 3.63) is 53.5 Å². The molecule has 1 N–H and O–H groups in total. The molecule has 0 saturated heterocycles. The molecule has 0 radical (unpaired) electrons. The number of nitrogens with zero attached hydrogens (tertiary/aromatic N) is 4. The Morgan fingerprint density at radius 3 is 2.79 bits per heavy atom. The summed E-state index contributed by atoms with van der Waals surface area (Å²) in [5, 5.41) is 6.95. The third-order valence-electron chi connectivity index (χ3n) is 3.55. The predicted octanol–water partition coefficient (Wildman–Crippen LogP) is 3.71. The minimum atomic E-state index is -0.358. The second-order valence-corrected chi connectivity index (χ2v) is 5.80. The molecule has 0 saturated carbocycles. The molecule has 3 aromatic rings. The fraction of sp³-hybridized carbons (Fsp3) is 0.294. The fourth-order valence-electron chi connectivity index (χ4n) is 2.32. The van der Waals surface area contributed by atoms with Gasteiger partial charge in [0.05, 0.1) is 23.1 Å². The second kappa shape index (κ2) is 6.74. The molecular weight excluding hydrogens is 309 g/mol.